The first kappa shape index (κ1) is 13.6. The zero-order chi connectivity index (χ0) is 13.0. The Morgan fingerprint density at radius 1 is 1.33 bits per heavy atom. The molecule has 4 heteroatoms. The summed E-state index contributed by atoms with van der Waals surface area (Å²) in [6.45, 7) is 4.56. The van der Waals surface area contributed by atoms with E-state index in [4.69, 9.17) is 0 Å². The summed E-state index contributed by atoms with van der Waals surface area (Å²) in [5.74, 6) is 0.885. The molecule has 0 aromatic rings. The molecule has 2 fully saturated rings. The van der Waals surface area contributed by atoms with Crippen LogP contribution < -0.4 is 10.6 Å². The number of rotatable bonds is 4. The zero-order valence-corrected chi connectivity index (χ0v) is 11.2. The third-order valence-electron chi connectivity index (χ3n) is 4.37. The Hall–Kier alpha value is -0.870. The van der Waals surface area contributed by atoms with Gasteiger partial charge in [-0.3, -0.25) is 4.79 Å². The van der Waals surface area contributed by atoms with E-state index in [1.807, 2.05) is 6.92 Å². The number of nitrogens with one attached hydrogen (secondary N) is 2. The monoisotopic (exact) mass is 252 g/mol. The van der Waals surface area contributed by atoms with E-state index in [9.17, 15) is 9.90 Å². The van der Waals surface area contributed by atoms with Crippen molar-refractivity contribution in [3.63, 3.8) is 0 Å². The Balaban J connectivity index is 1.81. The molecule has 0 bridgehead atoms. The molecule has 2 rings (SSSR count). The van der Waals surface area contributed by atoms with Crippen molar-refractivity contribution in [3.8, 4) is 0 Å². The second-order valence-corrected chi connectivity index (χ2v) is 5.53. The smallest absolute Gasteiger partial charge is 0.246 e. The summed E-state index contributed by atoms with van der Waals surface area (Å²) in [4.78, 5) is 12.0. The Morgan fingerprint density at radius 3 is 2.56 bits per heavy atom. The van der Waals surface area contributed by atoms with Crippen LogP contribution in [-0.2, 0) is 4.79 Å². The molecule has 1 saturated carbocycles. The third-order valence-corrected chi connectivity index (χ3v) is 4.37. The number of carbonyl (C=O) groups is 1. The van der Waals surface area contributed by atoms with Crippen molar-refractivity contribution in [3.05, 3.63) is 11.1 Å². The average molecular weight is 252 g/mol. The van der Waals surface area contributed by atoms with Crippen LogP contribution in [0.15, 0.2) is 11.1 Å². The largest absolute Gasteiger partial charge is 0.396 e. The molecule has 18 heavy (non-hydrogen) atoms. The third kappa shape index (κ3) is 3.12. The van der Waals surface area contributed by atoms with Crippen molar-refractivity contribution in [1.29, 1.82) is 0 Å². The Kier molecular flexibility index (Phi) is 4.78. The van der Waals surface area contributed by atoms with Crippen molar-refractivity contribution < 1.29 is 9.90 Å². The van der Waals surface area contributed by atoms with Crippen LogP contribution in [0.5, 0.6) is 0 Å². The highest BCUT2D eigenvalue weighted by Gasteiger charge is 2.25. The van der Waals surface area contributed by atoms with Gasteiger partial charge in [-0.2, -0.15) is 0 Å². The zero-order valence-electron chi connectivity index (χ0n) is 11.2. The first-order chi connectivity index (χ1) is 8.72. The summed E-state index contributed by atoms with van der Waals surface area (Å²) in [6, 6.07) is 0. The summed E-state index contributed by atoms with van der Waals surface area (Å²) in [5.41, 5.74) is 2.08. The fourth-order valence-corrected chi connectivity index (χ4v) is 2.83. The van der Waals surface area contributed by atoms with E-state index in [0.717, 1.165) is 31.5 Å². The molecule has 2 atom stereocenters. The van der Waals surface area contributed by atoms with Crippen LogP contribution in [0.25, 0.3) is 0 Å². The van der Waals surface area contributed by atoms with E-state index in [-0.39, 0.29) is 12.5 Å². The molecular formula is C14H24N2O2. The molecule has 0 aromatic carbocycles. The molecule has 2 aliphatic rings. The lowest BCUT2D eigenvalue weighted by Crippen LogP contribution is -2.39. The van der Waals surface area contributed by atoms with E-state index in [1.165, 1.54) is 18.4 Å². The summed E-state index contributed by atoms with van der Waals surface area (Å²) in [5, 5.41) is 15.5. The van der Waals surface area contributed by atoms with Gasteiger partial charge in [-0.1, -0.05) is 12.8 Å². The van der Waals surface area contributed by atoms with Crippen LogP contribution in [0, 0.1) is 11.8 Å². The molecule has 0 aromatic heterocycles. The fraction of sp³-hybridized carbons (Fsp3) is 0.786. The summed E-state index contributed by atoms with van der Waals surface area (Å²) in [7, 11) is 0. The average Bonchev–Trinajstić information content (AvgIpc) is 2.34. The van der Waals surface area contributed by atoms with Crippen molar-refractivity contribution in [2.24, 2.45) is 11.8 Å². The number of amides is 1. The van der Waals surface area contributed by atoms with Gasteiger partial charge in [-0.25, -0.2) is 0 Å². The van der Waals surface area contributed by atoms with Gasteiger partial charge in [0.05, 0.1) is 0 Å². The van der Waals surface area contributed by atoms with E-state index in [0.29, 0.717) is 18.4 Å². The van der Waals surface area contributed by atoms with E-state index in [1.54, 1.807) is 0 Å². The molecule has 0 spiro atoms. The van der Waals surface area contributed by atoms with Gasteiger partial charge in [0.2, 0.25) is 5.91 Å². The first-order valence-electron chi connectivity index (χ1n) is 7.00. The van der Waals surface area contributed by atoms with Crippen LogP contribution in [0.3, 0.4) is 0 Å². The molecule has 1 amide bonds. The van der Waals surface area contributed by atoms with Gasteiger partial charge >= 0.3 is 0 Å². The predicted molar refractivity (Wildman–Crippen MR) is 71.1 cm³/mol. The fourth-order valence-electron chi connectivity index (χ4n) is 2.83. The maximum atomic E-state index is 12.0. The minimum absolute atomic E-state index is 0.0637. The predicted octanol–water partition coefficient (Wildman–Crippen LogP) is 0.821. The van der Waals surface area contributed by atoms with Crippen molar-refractivity contribution in [2.75, 3.05) is 26.2 Å². The summed E-state index contributed by atoms with van der Waals surface area (Å²) in [6.07, 6.45) is 4.66. The molecule has 3 N–H and O–H groups in total. The van der Waals surface area contributed by atoms with E-state index < -0.39 is 0 Å². The van der Waals surface area contributed by atoms with Gasteiger partial charge < -0.3 is 15.7 Å². The highest BCUT2D eigenvalue weighted by Crippen LogP contribution is 2.29. The number of hydrogen-bond acceptors (Lipinski definition) is 3. The second kappa shape index (κ2) is 6.34. The molecule has 0 radical (unpaired) electrons. The Bertz CT molecular complexity index is 333. The van der Waals surface area contributed by atoms with Gasteiger partial charge in [-0.15, -0.1) is 0 Å². The van der Waals surface area contributed by atoms with Gasteiger partial charge in [-0.05, 0) is 37.2 Å². The van der Waals surface area contributed by atoms with Crippen LogP contribution in [0.4, 0.5) is 0 Å². The molecule has 2 unspecified atom stereocenters. The lowest BCUT2D eigenvalue weighted by molar-refractivity contribution is -0.117. The van der Waals surface area contributed by atoms with Crippen LogP contribution in [0.2, 0.25) is 0 Å². The van der Waals surface area contributed by atoms with Crippen LogP contribution in [0.1, 0.15) is 32.6 Å². The molecular weight excluding hydrogens is 228 g/mol. The molecule has 1 heterocycles. The maximum Gasteiger partial charge on any atom is 0.246 e. The molecule has 4 nitrogen and oxygen atoms in total. The first-order valence-corrected chi connectivity index (χ1v) is 7.00. The second-order valence-electron chi connectivity index (χ2n) is 5.53. The number of hydrogen-bond donors (Lipinski definition) is 3. The molecule has 102 valence electrons. The Labute approximate surface area is 109 Å². The van der Waals surface area contributed by atoms with Crippen molar-refractivity contribution in [2.45, 2.75) is 32.6 Å². The van der Waals surface area contributed by atoms with Gasteiger partial charge in [0, 0.05) is 31.8 Å². The van der Waals surface area contributed by atoms with E-state index >= 15 is 0 Å². The van der Waals surface area contributed by atoms with Gasteiger partial charge in [0.1, 0.15) is 0 Å². The van der Waals surface area contributed by atoms with Crippen LogP contribution in [-0.4, -0.2) is 37.3 Å². The normalized spacial score (nSPS) is 27.6. The molecule has 1 aliphatic heterocycles. The molecule has 1 aliphatic carbocycles. The van der Waals surface area contributed by atoms with E-state index in [2.05, 4.69) is 10.6 Å². The summed E-state index contributed by atoms with van der Waals surface area (Å²) >= 11 is 0. The van der Waals surface area contributed by atoms with Crippen LogP contribution >= 0.6 is 0 Å². The summed E-state index contributed by atoms with van der Waals surface area (Å²) < 4.78 is 0. The SMILES string of the molecule is CC(C(=O)NCC1CCCCC1CO)=C1CNC1. The maximum absolute atomic E-state index is 12.0. The number of aliphatic hydroxyl groups excluding tert-OH is 1. The quantitative estimate of drug-likeness (QED) is 0.649. The minimum Gasteiger partial charge on any atom is -0.396 e. The highest BCUT2D eigenvalue weighted by atomic mass is 16.3. The van der Waals surface area contributed by atoms with Gasteiger partial charge in [0.15, 0.2) is 0 Å². The van der Waals surface area contributed by atoms with Crippen molar-refractivity contribution in [1.82, 2.24) is 10.6 Å². The van der Waals surface area contributed by atoms with Gasteiger partial charge in [0.25, 0.3) is 0 Å². The van der Waals surface area contributed by atoms with Crippen molar-refractivity contribution >= 4 is 5.91 Å². The molecule has 1 saturated heterocycles. The topological polar surface area (TPSA) is 61.4 Å². The Morgan fingerprint density at radius 2 is 2.00 bits per heavy atom. The standard InChI is InChI=1S/C14H24N2O2/c1-10(13-6-15-7-13)14(18)16-8-11-4-2-3-5-12(11)9-17/h11-12,15,17H,2-9H2,1H3,(H,16,18). The number of carbonyl (C=O) groups excluding carboxylic acids is 1. The lowest BCUT2D eigenvalue weighted by Gasteiger charge is -2.30. The number of aliphatic hydroxyl groups is 1. The minimum atomic E-state index is 0.0637. The highest BCUT2D eigenvalue weighted by molar-refractivity contribution is 5.93. The lowest BCUT2D eigenvalue weighted by atomic mass is 9.79.